The molecule has 1 nitrogen and oxygen atoms in total. The molecule has 0 spiro atoms. The third-order valence-electron chi connectivity index (χ3n) is 4.76. The molecule has 2 aromatic rings. The highest BCUT2D eigenvalue weighted by Crippen LogP contribution is 2.30. The van der Waals surface area contributed by atoms with Crippen LogP contribution in [0.5, 0.6) is 0 Å². The van der Waals surface area contributed by atoms with Crippen molar-refractivity contribution in [1.82, 2.24) is 0 Å². The van der Waals surface area contributed by atoms with Crippen LogP contribution in [0.4, 0.5) is 5.69 Å². The van der Waals surface area contributed by atoms with Crippen LogP contribution in [0.15, 0.2) is 42.5 Å². The van der Waals surface area contributed by atoms with Gasteiger partial charge in [-0.1, -0.05) is 56.5 Å². The molecule has 3 rings (SSSR count). The van der Waals surface area contributed by atoms with Crippen molar-refractivity contribution < 1.29 is 0 Å². The largest absolute Gasteiger partial charge is 0.382 e. The molecule has 20 heavy (non-hydrogen) atoms. The maximum absolute atomic E-state index is 3.79. The molecule has 0 aliphatic heterocycles. The minimum atomic E-state index is 0.636. The second-order valence-electron chi connectivity index (χ2n) is 6.12. The van der Waals surface area contributed by atoms with E-state index in [2.05, 4.69) is 54.7 Å². The summed E-state index contributed by atoms with van der Waals surface area (Å²) in [4.78, 5) is 0. The lowest BCUT2D eigenvalue weighted by Crippen LogP contribution is -2.30. The van der Waals surface area contributed by atoms with E-state index >= 15 is 0 Å². The Bertz CT molecular complexity index is 554. The third kappa shape index (κ3) is 2.98. The van der Waals surface area contributed by atoms with Crippen molar-refractivity contribution in [2.75, 3.05) is 5.32 Å². The van der Waals surface area contributed by atoms with Crippen LogP contribution in [-0.4, -0.2) is 6.04 Å². The molecule has 0 radical (unpaired) electrons. The van der Waals surface area contributed by atoms with Crippen molar-refractivity contribution in [3.63, 3.8) is 0 Å². The Hall–Kier alpha value is -1.50. The normalized spacial score (nSPS) is 18.1. The number of hydrogen-bond acceptors (Lipinski definition) is 1. The number of nitrogens with one attached hydrogen (secondary N) is 1. The lowest BCUT2D eigenvalue weighted by atomic mass is 9.83. The van der Waals surface area contributed by atoms with E-state index in [1.165, 1.54) is 55.0 Å². The van der Waals surface area contributed by atoms with Crippen LogP contribution < -0.4 is 5.32 Å². The number of fused-ring (bicyclic) bond motifs is 1. The maximum Gasteiger partial charge on any atom is 0.0348 e. The summed E-state index contributed by atoms with van der Waals surface area (Å²) in [7, 11) is 0. The number of benzene rings is 2. The van der Waals surface area contributed by atoms with Crippen LogP contribution in [0, 0.1) is 5.92 Å². The van der Waals surface area contributed by atoms with Gasteiger partial charge in [-0.2, -0.15) is 0 Å². The molecule has 2 aromatic carbocycles. The van der Waals surface area contributed by atoms with E-state index < -0.39 is 0 Å². The molecule has 1 heteroatoms. The highest BCUT2D eigenvalue weighted by atomic mass is 14.9. The summed E-state index contributed by atoms with van der Waals surface area (Å²) in [5, 5.41) is 6.44. The van der Waals surface area contributed by atoms with Gasteiger partial charge in [-0.05, 0) is 48.1 Å². The number of rotatable bonds is 4. The van der Waals surface area contributed by atoms with Crippen molar-refractivity contribution in [3.8, 4) is 0 Å². The highest BCUT2D eigenvalue weighted by molar-refractivity contribution is 5.85. The molecule has 1 unspecified atom stereocenters. The van der Waals surface area contributed by atoms with Gasteiger partial charge < -0.3 is 5.32 Å². The van der Waals surface area contributed by atoms with E-state index in [0.717, 1.165) is 5.92 Å². The zero-order chi connectivity index (χ0) is 13.8. The molecule has 0 aromatic heterocycles. The van der Waals surface area contributed by atoms with E-state index in [9.17, 15) is 0 Å². The average Bonchev–Trinajstić information content (AvgIpc) is 2.53. The molecule has 1 aliphatic carbocycles. The summed E-state index contributed by atoms with van der Waals surface area (Å²) in [6.45, 7) is 2.31. The first-order valence-corrected chi connectivity index (χ1v) is 8.12. The van der Waals surface area contributed by atoms with Crippen LogP contribution in [0.25, 0.3) is 10.8 Å². The predicted molar refractivity (Wildman–Crippen MR) is 88.2 cm³/mol. The predicted octanol–water partition coefficient (Wildman–Crippen LogP) is 5.61. The van der Waals surface area contributed by atoms with Crippen molar-refractivity contribution in [1.29, 1.82) is 0 Å². The van der Waals surface area contributed by atoms with Gasteiger partial charge in [0.25, 0.3) is 0 Å². The Balaban J connectivity index is 1.76. The molecule has 0 bridgehead atoms. The first-order chi connectivity index (χ1) is 9.86. The van der Waals surface area contributed by atoms with Gasteiger partial charge in [0.05, 0.1) is 0 Å². The quantitative estimate of drug-likeness (QED) is 0.759. The number of anilines is 1. The average molecular weight is 267 g/mol. The Morgan fingerprint density at radius 3 is 2.50 bits per heavy atom. The maximum atomic E-state index is 3.79. The van der Waals surface area contributed by atoms with Crippen LogP contribution in [0.1, 0.15) is 45.4 Å². The fraction of sp³-hybridized carbons (Fsp3) is 0.474. The molecule has 0 saturated heterocycles. The van der Waals surface area contributed by atoms with Crippen LogP contribution in [0.3, 0.4) is 0 Å². The summed E-state index contributed by atoms with van der Waals surface area (Å²) in [6.07, 6.45) is 8.29. The molecular weight excluding hydrogens is 242 g/mol. The lowest BCUT2D eigenvalue weighted by Gasteiger charge is -2.31. The summed E-state index contributed by atoms with van der Waals surface area (Å²) in [6, 6.07) is 16.0. The van der Waals surface area contributed by atoms with Crippen molar-refractivity contribution in [2.24, 2.45) is 5.92 Å². The van der Waals surface area contributed by atoms with Gasteiger partial charge in [-0.3, -0.25) is 0 Å². The van der Waals surface area contributed by atoms with Crippen LogP contribution in [0.2, 0.25) is 0 Å². The Morgan fingerprint density at radius 2 is 1.75 bits per heavy atom. The zero-order valence-corrected chi connectivity index (χ0v) is 12.4. The molecule has 1 fully saturated rings. The smallest absolute Gasteiger partial charge is 0.0348 e. The van der Waals surface area contributed by atoms with E-state index in [0.29, 0.717) is 6.04 Å². The van der Waals surface area contributed by atoms with Gasteiger partial charge in [0.2, 0.25) is 0 Å². The Morgan fingerprint density at radius 1 is 1.00 bits per heavy atom. The Labute approximate surface area is 122 Å². The monoisotopic (exact) mass is 267 g/mol. The van der Waals surface area contributed by atoms with E-state index in [-0.39, 0.29) is 0 Å². The first-order valence-electron chi connectivity index (χ1n) is 8.12. The summed E-state index contributed by atoms with van der Waals surface area (Å²) in [5.41, 5.74) is 1.28. The van der Waals surface area contributed by atoms with E-state index in [4.69, 9.17) is 0 Å². The van der Waals surface area contributed by atoms with Gasteiger partial charge in [0.1, 0.15) is 0 Å². The second-order valence-corrected chi connectivity index (χ2v) is 6.12. The van der Waals surface area contributed by atoms with Gasteiger partial charge in [-0.25, -0.2) is 0 Å². The van der Waals surface area contributed by atoms with Crippen LogP contribution in [-0.2, 0) is 0 Å². The van der Waals surface area contributed by atoms with Gasteiger partial charge >= 0.3 is 0 Å². The van der Waals surface area contributed by atoms with E-state index in [1.807, 2.05) is 0 Å². The minimum absolute atomic E-state index is 0.636. The highest BCUT2D eigenvalue weighted by Gasteiger charge is 2.22. The molecule has 0 amide bonds. The molecule has 1 N–H and O–H groups in total. The van der Waals surface area contributed by atoms with Gasteiger partial charge in [0.15, 0.2) is 0 Å². The third-order valence-corrected chi connectivity index (χ3v) is 4.76. The fourth-order valence-corrected chi connectivity index (χ4v) is 3.58. The van der Waals surface area contributed by atoms with Crippen molar-refractivity contribution >= 4 is 16.5 Å². The second kappa shape index (κ2) is 6.30. The van der Waals surface area contributed by atoms with Gasteiger partial charge in [-0.15, -0.1) is 0 Å². The fourth-order valence-electron chi connectivity index (χ4n) is 3.58. The zero-order valence-electron chi connectivity index (χ0n) is 12.4. The summed E-state index contributed by atoms with van der Waals surface area (Å²) >= 11 is 0. The first kappa shape index (κ1) is 13.5. The van der Waals surface area contributed by atoms with Crippen LogP contribution >= 0.6 is 0 Å². The number of hydrogen-bond donors (Lipinski definition) is 1. The molecular formula is C19H25N. The topological polar surface area (TPSA) is 12.0 Å². The SMILES string of the molecule is CCC(Nc1ccc2ccccc2c1)C1CCCCC1. The molecule has 1 aliphatic rings. The summed E-state index contributed by atoms with van der Waals surface area (Å²) in [5.74, 6) is 0.861. The molecule has 1 saturated carbocycles. The van der Waals surface area contributed by atoms with Gasteiger partial charge in [0, 0.05) is 11.7 Å². The molecule has 0 heterocycles. The minimum Gasteiger partial charge on any atom is -0.382 e. The van der Waals surface area contributed by atoms with Crippen molar-refractivity contribution in [3.05, 3.63) is 42.5 Å². The summed E-state index contributed by atoms with van der Waals surface area (Å²) < 4.78 is 0. The molecule has 106 valence electrons. The van der Waals surface area contributed by atoms with Crippen molar-refractivity contribution in [2.45, 2.75) is 51.5 Å². The molecule has 1 atom stereocenters. The standard InChI is InChI=1S/C19H25N/c1-2-19(16-9-4-3-5-10-16)20-18-13-12-15-8-6-7-11-17(15)14-18/h6-8,11-14,16,19-20H,2-5,9-10H2,1H3. The Kier molecular flexibility index (Phi) is 4.25. The lowest BCUT2D eigenvalue weighted by molar-refractivity contribution is 0.313. The van der Waals surface area contributed by atoms with E-state index in [1.54, 1.807) is 0 Å².